The molecule has 112 valence electrons. The monoisotopic (exact) mass is 302 g/mol. The topological polar surface area (TPSA) is 29.3 Å². The van der Waals surface area contributed by atoms with Gasteiger partial charge in [0.15, 0.2) is 0 Å². The smallest absolute Gasteiger partial charge is 0.0406 e. The van der Waals surface area contributed by atoms with Gasteiger partial charge in [-0.05, 0) is 55.8 Å². The van der Waals surface area contributed by atoms with Gasteiger partial charge in [0.2, 0.25) is 0 Å². The molecular weight excluding hydrogens is 280 g/mol. The molecule has 3 heteroatoms. The van der Waals surface area contributed by atoms with Crippen molar-refractivity contribution in [2.75, 3.05) is 13.6 Å². The van der Waals surface area contributed by atoms with Crippen LogP contribution in [-0.4, -0.2) is 18.5 Å². The first-order valence-corrected chi connectivity index (χ1v) is 7.68. The lowest BCUT2D eigenvalue weighted by Gasteiger charge is -2.20. The first-order valence-electron chi connectivity index (χ1n) is 7.30. The fourth-order valence-corrected chi connectivity index (χ4v) is 2.62. The van der Waals surface area contributed by atoms with Crippen LogP contribution in [0.4, 0.5) is 0 Å². The van der Waals surface area contributed by atoms with Crippen molar-refractivity contribution in [3.8, 4) is 0 Å². The third kappa shape index (κ3) is 4.85. The van der Waals surface area contributed by atoms with E-state index >= 15 is 0 Å². The number of hydrogen-bond donors (Lipinski definition) is 1. The van der Waals surface area contributed by atoms with Crippen LogP contribution in [0.25, 0.3) is 0 Å². The van der Waals surface area contributed by atoms with Crippen LogP contribution in [0.1, 0.15) is 29.2 Å². The predicted molar refractivity (Wildman–Crippen MR) is 90.5 cm³/mol. The van der Waals surface area contributed by atoms with Crippen LogP contribution in [0.15, 0.2) is 48.5 Å². The van der Waals surface area contributed by atoms with Crippen molar-refractivity contribution < 1.29 is 0 Å². The number of nitrogens with zero attached hydrogens (tertiary/aromatic N) is 1. The second-order valence-electron chi connectivity index (χ2n) is 5.62. The van der Waals surface area contributed by atoms with Crippen LogP contribution in [-0.2, 0) is 6.54 Å². The van der Waals surface area contributed by atoms with E-state index in [0.717, 1.165) is 24.5 Å². The van der Waals surface area contributed by atoms with E-state index in [9.17, 15) is 0 Å². The summed E-state index contributed by atoms with van der Waals surface area (Å²) in [6.45, 7) is 4.00. The largest absolute Gasteiger partial charge is 0.324 e. The molecule has 0 aliphatic rings. The Labute approximate surface area is 132 Å². The van der Waals surface area contributed by atoms with Gasteiger partial charge in [0.25, 0.3) is 0 Å². The molecule has 1 atom stereocenters. The summed E-state index contributed by atoms with van der Waals surface area (Å²) in [4.78, 5) is 2.29. The maximum Gasteiger partial charge on any atom is 0.0406 e. The van der Waals surface area contributed by atoms with Gasteiger partial charge in [-0.2, -0.15) is 0 Å². The molecule has 2 aromatic rings. The molecule has 2 aromatic carbocycles. The molecular formula is C18H23ClN2. The van der Waals surface area contributed by atoms with Crippen molar-refractivity contribution in [3.63, 3.8) is 0 Å². The third-order valence-electron chi connectivity index (χ3n) is 3.78. The Hall–Kier alpha value is -1.35. The number of nitrogens with two attached hydrogens (primary N) is 1. The second-order valence-corrected chi connectivity index (χ2v) is 6.05. The number of benzene rings is 2. The van der Waals surface area contributed by atoms with Crippen molar-refractivity contribution in [2.24, 2.45) is 5.73 Å². The van der Waals surface area contributed by atoms with E-state index in [0.29, 0.717) is 0 Å². The van der Waals surface area contributed by atoms with E-state index in [4.69, 9.17) is 17.3 Å². The van der Waals surface area contributed by atoms with Crippen LogP contribution in [0, 0.1) is 6.92 Å². The minimum absolute atomic E-state index is 0.0962. The van der Waals surface area contributed by atoms with Gasteiger partial charge in [-0.1, -0.05) is 48.0 Å². The fourth-order valence-electron chi connectivity index (χ4n) is 2.50. The predicted octanol–water partition coefficient (Wildman–Crippen LogP) is 4.17. The Kier molecular flexibility index (Phi) is 5.80. The Morgan fingerprint density at radius 3 is 2.43 bits per heavy atom. The molecule has 0 aliphatic heterocycles. The standard InChI is InChI=1S/C18H23ClN2/c1-14-5-3-4-6-17(14)18(20)11-12-21(2)13-15-7-9-16(19)10-8-15/h3-10,18H,11-13,20H2,1-2H3. The molecule has 0 spiro atoms. The van der Waals surface area contributed by atoms with Crippen LogP contribution >= 0.6 is 11.6 Å². The highest BCUT2D eigenvalue weighted by Crippen LogP contribution is 2.18. The molecule has 0 saturated heterocycles. The quantitative estimate of drug-likeness (QED) is 0.868. The van der Waals surface area contributed by atoms with Gasteiger partial charge >= 0.3 is 0 Å². The fraction of sp³-hybridized carbons (Fsp3) is 0.333. The molecule has 21 heavy (non-hydrogen) atoms. The van der Waals surface area contributed by atoms with Crippen LogP contribution in [0.5, 0.6) is 0 Å². The molecule has 0 aromatic heterocycles. The van der Waals surface area contributed by atoms with E-state index in [1.54, 1.807) is 0 Å². The zero-order chi connectivity index (χ0) is 15.2. The SMILES string of the molecule is Cc1ccccc1C(N)CCN(C)Cc1ccc(Cl)cc1. The molecule has 0 heterocycles. The molecule has 1 unspecified atom stereocenters. The average molecular weight is 303 g/mol. The summed E-state index contributed by atoms with van der Waals surface area (Å²) >= 11 is 5.90. The van der Waals surface area contributed by atoms with E-state index in [1.165, 1.54) is 16.7 Å². The van der Waals surface area contributed by atoms with Crippen molar-refractivity contribution in [1.29, 1.82) is 0 Å². The first kappa shape index (κ1) is 16.0. The van der Waals surface area contributed by atoms with E-state index in [1.807, 2.05) is 12.1 Å². The summed E-state index contributed by atoms with van der Waals surface area (Å²) < 4.78 is 0. The Morgan fingerprint density at radius 2 is 1.76 bits per heavy atom. The lowest BCUT2D eigenvalue weighted by atomic mass is 9.99. The molecule has 0 radical (unpaired) electrons. The summed E-state index contributed by atoms with van der Waals surface area (Å²) in [6.07, 6.45) is 0.953. The summed E-state index contributed by atoms with van der Waals surface area (Å²) in [7, 11) is 2.12. The van der Waals surface area contributed by atoms with Crippen molar-refractivity contribution in [2.45, 2.75) is 25.9 Å². The van der Waals surface area contributed by atoms with Gasteiger partial charge in [0.05, 0.1) is 0 Å². The zero-order valence-corrected chi connectivity index (χ0v) is 13.5. The van der Waals surface area contributed by atoms with Gasteiger partial charge in [0.1, 0.15) is 0 Å². The average Bonchev–Trinajstić information content (AvgIpc) is 2.48. The molecule has 0 bridgehead atoms. The Balaban J connectivity index is 1.85. The van der Waals surface area contributed by atoms with Crippen molar-refractivity contribution in [3.05, 3.63) is 70.2 Å². The van der Waals surface area contributed by atoms with Crippen LogP contribution < -0.4 is 5.73 Å². The van der Waals surface area contributed by atoms with Crippen LogP contribution in [0.2, 0.25) is 5.02 Å². The number of halogens is 1. The zero-order valence-electron chi connectivity index (χ0n) is 12.7. The van der Waals surface area contributed by atoms with E-state index < -0.39 is 0 Å². The Bertz CT molecular complexity index is 566. The van der Waals surface area contributed by atoms with Gasteiger partial charge in [-0.15, -0.1) is 0 Å². The van der Waals surface area contributed by atoms with E-state index in [2.05, 4.69) is 55.3 Å². The second kappa shape index (κ2) is 7.60. The Morgan fingerprint density at radius 1 is 1.10 bits per heavy atom. The minimum atomic E-state index is 0.0962. The van der Waals surface area contributed by atoms with Crippen molar-refractivity contribution >= 4 is 11.6 Å². The highest BCUT2D eigenvalue weighted by Gasteiger charge is 2.09. The first-order chi connectivity index (χ1) is 10.1. The molecule has 2 nitrogen and oxygen atoms in total. The van der Waals surface area contributed by atoms with Gasteiger partial charge in [0, 0.05) is 17.6 Å². The molecule has 0 aliphatic carbocycles. The normalized spacial score (nSPS) is 12.6. The van der Waals surface area contributed by atoms with Gasteiger partial charge < -0.3 is 10.6 Å². The lowest BCUT2D eigenvalue weighted by molar-refractivity contribution is 0.311. The highest BCUT2D eigenvalue weighted by molar-refractivity contribution is 6.30. The summed E-state index contributed by atoms with van der Waals surface area (Å²) in [5, 5.41) is 0.781. The molecule has 0 amide bonds. The summed E-state index contributed by atoms with van der Waals surface area (Å²) in [6, 6.07) is 16.5. The van der Waals surface area contributed by atoms with Gasteiger partial charge in [-0.25, -0.2) is 0 Å². The number of hydrogen-bond acceptors (Lipinski definition) is 2. The van der Waals surface area contributed by atoms with Crippen molar-refractivity contribution in [1.82, 2.24) is 4.90 Å². The number of aryl methyl sites for hydroxylation is 1. The summed E-state index contributed by atoms with van der Waals surface area (Å²) in [5.41, 5.74) is 10.1. The van der Waals surface area contributed by atoms with Gasteiger partial charge in [-0.3, -0.25) is 0 Å². The maximum absolute atomic E-state index is 6.31. The third-order valence-corrected chi connectivity index (χ3v) is 4.03. The summed E-state index contributed by atoms with van der Waals surface area (Å²) in [5.74, 6) is 0. The highest BCUT2D eigenvalue weighted by atomic mass is 35.5. The van der Waals surface area contributed by atoms with E-state index in [-0.39, 0.29) is 6.04 Å². The van der Waals surface area contributed by atoms with Crippen LogP contribution in [0.3, 0.4) is 0 Å². The molecule has 0 fully saturated rings. The minimum Gasteiger partial charge on any atom is -0.324 e. The lowest BCUT2D eigenvalue weighted by Crippen LogP contribution is -2.23. The molecule has 2 N–H and O–H groups in total. The molecule has 2 rings (SSSR count). The maximum atomic E-state index is 6.31. The molecule has 0 saturated carbocycles. The number of rotatable bonds is 6.